The quantitative estimate of drug-likeness (QED) is 0.839. The lowest BCUT2D eigenvalue weighted by molar-refractivity contribution is 0.386. The Balaban J connectivity index is 3.47. The molecule has 112 valence electrons. The maximum absolute atomic E-state index is 5.82. The minimum Gasteiger partial charge on any atom is -0.496 e. The Kier molecular flexibility index (Phi) is 5.20. The summed E-state index contributed by atoms with van der Waals surface area (Å²) >= 11 is 5.15. The molecule has 2 atom stereocenters. The van der Waals surface area contributed by atoms with Gasteiger partial charge in [0.15, 0.2) is 0 Å². The topological polar surface area (TPSA) is 35.2 Å². The number of aryl methyl sites for hydroxylation is 1. The fourth-order valence-electron chi connectivity index (χ4n) is 2.44. The molecule has 0 amide bonds. The van der Waals surface area contributed by atoms with Crippen LogP contribution < -0.4 is 10.5 Å². The van der Waals surface area contributed by atoms with Gasteiger partial charge < -0.3 is 10.5 Å². The highest BCUT2D eigenvalue weighted by Gasteiger charge is 2.26. The first kappa shape index (κ1) is 17.0. The lowest BCUT2D eigenvalue weighted by Crippen LogP contribution is -2.24. The van der Waals surface area contributed by atoms with Gasteiger partial charge in [-0.25, -0.2) is 0 Å². The molecule has 0 spiro atoms. The van der Waals surface area contributed by atoms with Crippen LogP contribution in [-0.4, -0.2) is 12.1 Å². The second-order valence-electron chi connectivity index (χ2n) is 6.66. The lowest BCUT2D eigenvalue weighted by Gasteiger charge is -2.28. The van der Waals surface area contributed by atoms with Crippen LogP contribution >= 0.6 is 12.2 Å². The highest BCUT2D eigenvalue weighted by molar-refractivity contribution is 7.80. The maximum Gasteiger partial charge on any atom is 0.126 e. The molecule has 20 heavy (non-hydrogen) atoms. The van der Waals surface area contributed by atoms with Crippen LogP contribution in [0.15, 0.2) is 12.1 Å². The zero-order valence-electron chi connectivity index (χ0n) is 13.7. The SMILES string of the molecule is COc1c(C(C)C(C)C(N)=S)cc(C)cc1C(C)(C)C. The Morgan fingerprint density at radius 1 is 1.25 bits per heavy atom. The maximum atomic E-state index is 5.82. The summed E-state index contributed by atoms with van der Waals surface area (Å²) in [5, 5.41) is 0. The van der Waals surface area contributed by atoms with Crippen molar-refractivity contribution >= 4 is 17.2 Å². The van der Waals surface area contributed by atoms with Crippen LogP contribution in [0.5, 0.6) is 5.75 Å². The molecule has 2 N–H and O–H groups in total. The third kappa shape index (κ3) is 3.51. The molecular formula is C17H27NOS. The fraction of sp³-hybridized carbons (Fsp3) is 0.588. The predicted molar refractivity (Wildman–Crippen MR) is 90.8 cm³/mol. The molecule has 0 aliphatic heterocycles. The molecule has 0 radical (unpaired) electrons. The van der Waals surface area contributed by atoms with E-state index in [9.17, 15) is 0 Å². The average Bonchev–Trinajstić information content (AvgIpc) is 2.34. The second-order valence-corrected chi connectivity index (χ2v) is 7.14. The van der Waals surface area contributed by atoms with Gasteiger partial charge in [0.05, 0.1) is 12.1 Å². The zero-order chi connectivity index (χ0) is 15.7. The predicted octanol–water partition coefficient (Wildman–Crippen LogP) is 4.33. The standard InChI is InChI=1S/C17H27NOS/c1-10-8-13(11(2)12(3)16(18)20)15(19-7)14(9-10)17(4,5)6/h8-9,11-12H,1-7H3,(H2,18,20). The third-order valence-corrected chi connectivity index (χ3v) is 4.34. The molecule has 0 bridgehead atoms. The smallest absolute Gasteiger partial charge is 0.126 e. The van der Waals surface area contributed by atoms with Crippen molar-refractivity contribution < 1.29 is 4.74 Å². The van der Waals surface area contributed by atoms with Gasteiger partial charge in [-0.15, -0.1) is 0 Å². The van der Waals surface area contributed by atoms with E-state index in [1.165, 1.54) is 16.7 Å². The van der Waals surface area contributed by atoms with Gasteiger partial charge in [-0.2, -0.15) is 0 Å². The van der Waals surface area contributed by atoms with Crippen molar-refractivity contribution in [2.75, 3.05) is 7.11 Å². The number of nitrogens with two attached hydrogens (primary N) is 1. The molecule has 2 nitrogen and oxygen atoms in total. The first-order valence-electron chi connectivity index (χ1n) is 7.08. The van der Waals surface area contributed by atoms with Crippen LogP contribution in [-0.2, 0) is 5.41 Å². The van der Waals surface area contributed by atoms with Crippen molar-refractivity contribution in [1.29, 1.82) is 0 Å². The average molecular weight is 293 g/mol. The van der Waals surface area contributed by atoms with E-state index in [4.69, 9.17) is 22.7 Å². The lowest BCUT2D eigenvalue weighted by atomic mass is 9.80. The molecule has 0 aliphatic carbocycles. The van der Waals surface area contributed by atoms with Gasteiger partial charge in [0, 0.05) is 11.5 Å². The molecular weight excluding hydrogens is 266 g/mol. The summed E-state index contributed by atoms with van der Waals surface area (Å²) in [5.74, 6) is 1.36. The Morgan fingerprint density at radius 2 is 1.80 bits per heavy atom. The first-order chi connectivity index (χ1) is 9.09. The van der Waals surface area contributed by atoms with Gasteiger partial charge in [-0.3, -0.25) is 0 Å². The van der Waals surface area contributed by atoms with Crippen LogP contribution in [0.1, 0.15) is 57.2 Å². The van der Waals surface area contributed by atoms with E-state index in [0.29, 0.717) is 4.99 Å². The largest absolute Gasteiger partial charge is 0.496 e. The number of rotatable bonds is 4. The fourth-order valence-corrected chi connectivity index (χ4v) is 2.64. The molecule has 0 aliphatic rings. The van der Waals surface area contributed by atoms with Gasteiger partial charge in [0.1, 0.15) is 5.75 Å². The number of thiocarbonyl (C=S) groups is 1. The van der Waals surface area contributed by atoms with Crippen molar-refractivity contribution in [3.8, 4) is 5.75 Å². The monoisotopic (exact) mass is 293 g/mol. The molecule has 0 fully saturated rings. The summed E-state index contributed by atoms with van der Waals surface area (Å²) in [6, 6.07) is 4.40. The van der Waals surface area contributed by atoms with E-state index >= 15 is 0 Å². The molecule has 1 aromatic rings. The van der Waals surface area contributed by atoms with Crippen LogP contribution in [0.4, 0.5) is 0 Å². The summed E-state index contributed by atoms with van der Waals surface area (Å²) < 4.78 is 5.72. The Hall–Kier alpha value is -1.09. The van der Waals surface area contributed by atoms with E-state index in [-0.39, 0.29) is 17.3 Å². The van der Waals surface area contributed by atoms with Crippen molar-refractivity contribution in [2.24, 2.45) is 11.7 Å². The normalized spacial score (nSPS) is 14.8. The molecule has 3 heteroatoms. The minimum atomic E-state index is 0.0400. The van der Waals surface area contributed by atoms with Gasteiger partial charge >= 0.3 is 0 Å². The van der Waals surface area contributed by atoms with Gasteiger partial charge in [-0.1, -0.05) is 64.5 Å². The van der Waals surface area contributed by atoms with Crippen molar-refractivity contribution in [3.63, 3.8) is 0 Å². The summed E-state index contributed by atoms with van der Waals surface area (Å²) in [5.41, 5.74) is 9.53. The molecule has 2 unspecified atom stereocenters. The molecule has 0 heterocycles. The highest BCUT2D eigenvalue weighted by Crippen LogP contribution is 2.40. The number of benzene rings is 1. The number of hydrogen-bond donors (Lipinski definition) is 1. The highest BCUT2D eigenvalue weighted by atomic mass is 32.1. The van der Waals surface area contributed by atoms with Gasteiger partial charge in [0.25, 0.3) is 0 Å². The summed E-state index contributed by atoms with van der Waals surface area (Å²) in [7, 11) is 1.74. The Bertz CT molecular complexity index is 502. The Morgan fingerprint density at radius 3 is 2.20 bits per heavy atom. The molecule has 0 aromatic heterocycles. The van der Waals surface area contributed by atoms with E-state index in [1.807, 2.05) is 0 Å². The molecule has 0 saturated carbocycles. The molecule has 1 rings (SSSR count). The van der Waals surface area contributed by atoms with Crippen LogP contribution in [0.25, 0.3) is 0 Å². The van der Waals surface area contributed by atoms with Crippen molar-refractivity contribution in [2.45, 2.75) is 52.9 Å². The molecule has 1 aromatic carbocycles. The number of ether oxygens (including phenoxy) is 1. The summed E-state index contributed by atoms with van der Waals surface area (Å²) in [6.07, 6.45) is 0. The minimum absolute atomic E-state index is 0.0400. The zero-order valence-corrected chi connectivity index (χ0v) is 14.5. The Labute approximate surface area is 128 Å². The van der Waals surface area contributed by atoms with Crippen molar-refractivity contribution in [1.82, 2.24) is 0 Å². The van der Waals surface area contributed by atoms with Gasteiger partial charge in [0.2, 0.25) is 0 Å². The van der Waals surface area contributed by atoms with E-state index < -0.39 is 0 Å². The summed E-state index contributed by atoms with van der Waals surface area (Å²) in [4.78, 5) is 0.554. The van der Waals surface area contributed by atoms with E-state index in [0.717, 1.165) is 5.75 Å². The van der Waals surface area contributed by atoms with E-state index in [2.05, 4.69) is 53.7 Å². The van der Waals surface area contributed by atoms with E-state index in [1.54, 1.807) is 7.11 Å². The third-order valence-electron chi connectivity index (χ3n) is 3.96. The number of hydrogen-bond acceptors (Lipinski definition) is 2. The van der Waals surface area contributed by atoms with Crippen molar-refractivity contribution in [3.05, 3.63) is 28.8 Å². The second kappa shape index (κ2) is 6.13. The first-order valence-corrected chi connectivity index (χ1v) is 7.48. The van der Waals surface area contributed by atoms with Crippen LogP contribution in [0, 0.1) is 12.8 Å². The summed E-state index contributed by atoms with van der Waals surface area (Å²) in [6.45, 7) is 13.0. The molecule has 0 saturated heterocycles. The van der Waals surface area contributed by atoms with Crippen LogP contribution in [0.2, 0.25) is 0 Å². The number of methoxy groups -OCH3 is 1. The van der Waals surface area contributed by atoms with Crippen LogP contribution in [0.3, 0.4) is 0 Å². The van der Waals surface area contributed by atoms with Gasteiger partial charge in [-0.05, 0) is 23.8 Å².